The van der Waals surface area contributed by atoms with Gasteiger partial charge in [-0.05, 0) is 36.5 Å². The second-order valence-corrected chi connectivity index (χ2v) is 8.15. The van der Waals surface area contributed by atoms with Gasteiger partial charge in [0.15, 0.2) is 0 Å². The number of nitrogens with one attached hydrogen (secondary N) is 1. The van der Waals surface area contributed by atoms with Crippen LogP contribution in [0.2, 0.25) is 5.02 Å². The fourth-order valence-electron chi connectivity index (χ4n) is 2.73. The molecule has 130 valence electrons. The third-order valence-electron chi connectivity index (χ3n) is 3.96. The Morgan fingerprint density at radius 1 is 1.25 bits per heavy atom. The maximum atomic E-state index is 12.3. The van der Waals surface area contributed by atoms with E-state index in [2.05, 4.69) is 9.82 Å². The van der Waals surface area contributed by atoms with E-state index in [1.165, 1.54) is 0 Å². The van der Waals surface area contributed by atoms with Gasteiger partial charge in [-0.1, -0.05) is 23.7 Å². The van der Waals surface area contributed by atoms with E-state index in [9.17, 15) is 8.42 Å². The van der Waals surface area contributed by atoms with Crippen LogP contribution in [-0.4, -0.2) is 31.4 Å². The number of rotatable bonds is 6. The van der Waals surface area contributed by atoms with Gasteiger partial charge in [0.25, 0.3) is 0 Å². The summed E-state index contributed by atoms with van der Waals surface area (Å²) >= 11 is 5.81. The molecule has 1 aliphatic heterocycles. The molecule has 1 N–H and O–H groups in total. The normalized spacial score (nSPS) is 16.2. The van der Waals surface area contributed by atoms with E-state index in [4.69, 9.17) is 16.3 Å². The van der Waals surface area contributed by atoms with Crippen molar-refractivity contribution < 1.29 is 13.2 Å². The molecule has 0 bridgehead atoms. The quantitative estimate of drug-likeness (QED) is 0.849. The maximum absolute atomic E-state index is 12.3. The summed E-state index contributed by atoms with van der Waals surface area (Å²) in [5, 5.41) is 4.83. The van der Waals surface area contributed by atoms with E-state index in [1.807, 2.05) is 0 Å². The molecule has 0 spiro atoms. The molecule has 24 heavy (non-hydrogen) atoms. The fraction of sp³-hybridized carbons (Fsp3) is 0.438. The second-order valence-electron chi connectivity index (χ2n) is 5.99. The molecular formula is C16H20ClN3O3S. The number of nitrogens with zero attached hydrogens (tertiary/aromatic N) is 2. The van der Waals surface area contributed by atoms with Crippen LogP contribution in [0.4, 0.5) is 5.69 Å². The summed E-state index contributed by atoms with van der Waals surface area (Å²) < 4.78 is 34.2. The van der Waals surface area contributed by atoms with Crippen molar-refractivity contribution in [2.45, 2.75) is 25.1 Å². The van der Waals surface area contributed by atoms with Crippen molar-refractivity contribution in [3.63, 3.8) is 0 Å². The standard InChI is InChI=1S/C16H20ClN3O3S/c17-15-3-1-14(2-4-15)12-24(21,22)19-16-9-18-20(11-16)10-13-5-7-23-8-6-13/h1-4,9,11,13,19H,5-8,10,12H2. The highest BCUT2D eigenvalue weighted by Crippen LogP contribution is 2.18. The van der Waals surface area contributed by atoms with Gasteiger partial charge in [-0.2, -0.15) is 5.10 Å². The molecule has 0 amide bonds. The van der Waals surface area contributed by atoms with Crippen LogP contribution in [-0.2, 0) is 27.1 Å². The first-order valence-electron chi connectivity index (χ1n) is 7.85. The summed E-state index contributed by atoms with van der Waals surface area (Å²) in [7, 11) is -3.49. The monoisotopic (exact) mass is 369 g/mol. The summed E-state index contributed by atoms with van der Waals surface area (Å²) in [4.78, 5) is 0. The van der Waals surface area contributed by atoms with Crippen molar-refractivity contribution in [1.29, 1.82) is 0 Å². The SMILES string of the molecule is O=S(=O)(Cc1ccc(Cl)cc1)Nc1cnn(CC2CCOCC2)c1. The Morgan fingerprint density at radius 2 is 1.96 bits per heavy atom. The number of sulfonamides is 1. The number of hydrogen-bond donors (Lipinski definition) is 1. The average Bonchev–Trinajstić information content (AvgIpc) is 2.96. The van der Waals surface area contributed by atoms with Gasteiger partial charge in [0.1, 0.15) is 0 Å². The van der Waals surface area contributed by atoms with Gasteiger partial charge < -0.3 is 4.74 Å². The lowest BCUT2D eigenvalue weighted by Crippen LogP contribution is -2.20. The highest BCUT2D eigenvalue weighted by Gasteiger charge is 2.16. The highest BCUT2D eigenvalue weighted by atomic mass is 35.5. The van der Waals surface area contributed by atoms with Crippen LogP contribution in [0.1, 0.15) is 18.4 Å². The third kappa shape index (κ3) is 4.96. The number of anilines is 1. The maximum Gasteiger partial charge on any atom is 0.237 e. The molecule has 8 heteroatoms. The Kier molecular flexibility index (Phi) is 5.43. The lowest BCUT2D eigenvalue weighted by Gasteiger charge is -2.21. The molecule has 1 aromatic carbocycles. The number of benzene rings is 1. The van der Waals surface area contributed by atoms with Gasteiger partial charge in [0.05, 0.1) is 17.6 Å². The Labute approximate surface area is 146 Å². The Morgan fingerprint density at radius 3 is 2.67 bits per heavy atom. The van der Waals surface area contributed by atoms with Crippen molar-refractivity contribution in [2.75, 3.05) is 17.9 Å². The average molecular weight is 370 g/mol. The molecule has 1 aromatic heterocycles. The van der Waals surface area contributed by atoms with Crippen molar-refractivity contribution >= 4 is 27.3 Å². The molecule has 0 atom stereocenters. The van der Waals surface area contributed by atoms with Gasteiger partial charge in [-0.15, -0.1) is 0 Å². The number of hydrogen-bond acceptors (Lipinski definition) is 4. The molecule has 2 heterocycles. The lowest BCUT2D eigenvalue weighted by atomic mass is 10.0. The van der Waals surface area contributed by atoms with Crippen LogP contribution in [0.5, 0.6) is 0 Å². The van der Waals surface area contributed by atoms with Crippen molar-refractivity contribution in [1.82, 2.24) is 9.78 Å². The largest absolute Gasteiger partial charge is 0.381 e. The molecule has 1 aliphatic rings. The van der Waals surface area contributed by atoms with E-state index in [0.29, 0.717) is 22.2 Å². The molecule has 0 radical (unpaired) electrons. The van der Waals surface area contributed by atoms with Gasteiger partial charge in [0, 0.05) is 31.0 Å². The van der Waals surface area contributed by atoms with Gasteiger partial charge in [-0.25, -0.2) is 8.42 Å². The summed E-state index contributed by atoms with van der Waals surface area (Å²) in [6, 6.07) is 6.77. The van der Waals surface area contributed by atoms with Gasteiger partial charge in [-0.3, -0.25) is 9.40 Å². The first kappa shape index (κ1) is 17.3. The fourth-order valence-corrected chi connectivity index (χ4v) is 4.02. The van der Waals surface area contributed by atoms with Crippen molar-refractivity contribution in [3.05, 3.63) is 47.2 Å². The zero-order chi connectivity index (χ0) is 17.0. The molecule has 0 unspecified atom stereocenters. The molecule has 1 fully saturated rings. The summed E-state index contributed by atoms with van der Waals surface area (Å²) in [6.45, 7) is 2.35. The summed E-state index contributed by atoms with van der Waals surface area (Å²) in [6.07, 6.45) is 5.29. The van der Waals surface area contributed by atoms with E-state index in [-0.39, 0.29) is 5.75 Å². The van der Waals surface area contributed by atoms with Gasteiger partial charge >= 0.3 is 0 Å². The van der Waals surface area contributed by atoms with E-state index in [0.717, 1.165) is 32.6 Å². The second kappa shape index (κ2) is 7.55. The van der Waals surface area contributed by atoms with Crippen molar-refractivity contribution in [3.8, 4) is 0 Å². The minimum atomic E-state index is -3.49. The molecular weight excluding hydrogens is 350 g/mol. The molecule has 6 nitrogen and oxygen atoms in total. The first-order valence-corrected chi connectivity index (χ1v) is 9.88. The van der Waals surface area contributed by atoms with E-state index in [1.54, 1.807) is 41.3 Å². The number of halogens is 1. The van der Waals surface area contributed by atoms with E-state index < -0.39 is 10.0 Å². The number of ether oxygens (including phenoxy) is 1. The first-order chi connectivity index (χ1) is 11.5. The Balaban J connectivity index is 1.59. The van der Waals surface area contributed by atoms with E-state index >= 15 is 0 Å². The minimum absolute atomic E-state index is 0.102. The van der Waals surface area contributed by atoms with Gasteiger partial charge in [0.2, 0.25) is 10.0 Å². The van der Waals surface area contributed by atoms with Crippen LogP contribution in [0.25, 0.3) is 0 Å². The molecule has 0 saturated carbocycles. The predicted molar refractivity (Wildman–Crippen MR) is 93.5 cm³/mol. The minimum Gasteiger partial charge on any atom is -0.381 e. The van der Waals surface area contributed by atoms with Crippen molar-refractivity contribution in [2.24, 2.45) is 5.92 Å². The summed E-state index contributed by atoms with van der Waals surface area (Å²) in [5.74, 6) is 0.423. The smallest absolute Gasteiger partial charge is 0.237 e. The third-order valence-corrected chi connectivity index (χ3v) is 5.47. The number of aromatic nitrogens is 2. The highest BCUT2D eigenvalue weighted by molar-refractivity contribution is 7.91. The Bertz CT molecular complexity index is 768. The van der Waals surface area contributed by atoms with Crippen LogP contribution < -0.4 is 4.72 Å². The van der Waals surface area contributed by atoms with Crippen LogP contribution in [0, 0.1) is 5.92 Å². The summed E-state index contributed by atoms with van der Waals surface area (Å²) in [5.41, 5.74) is 1.16. The lowest BCUT2D eigenvalue weighted by molar-refractivity contribution is 0.0601. The predicted octanol–water partition coefficient (Wildman–Crippen LogP) is 2.91. The zero-order valence-electron chi connectivity index (χ0n) is 13.2. The van der Waals surface area contributed by atoms with Crippen LogP contribution >= 0.6 is 11.6 Å². The molecule has 0 aliphatic carbocycles. The molecule has 3 rings (SSSR count). The molecule has 1 saturated heterocycles. The van der Waals surface area contributed by atoms with Crippen LogP contribution in [0.15, 0.2) is 36.7 Å². The zero-order valence-corrected chi connectivity index (χ0v) is 14.8. The van der Waals surface area contributed by atoms with Crippen LogP contribution in [0.3, 0.4) is 0 Å². The Hall–Kier alpha value is -1.57. The topological polar surface area (TPSA) is 73.2 Å². The molecule has 2 aromatic rings.